The molecule has 5 heteroatoms. The van der Waals surface area contributed by atoms with Gasteiger partial charge in [0, 0.05) is 29.9 Å². The summed E-state index contributed by atoms with van der Waals surface area (Å²) in [5.41, 5.74) is 1.28. The first kappa shape index (κ1) is 14.9. The Morgan fingerprint density at radius 2 is 2.10 bits per heavy atom. The Morgan fingerprint density at radius 1 is 1.35 bits per heavy atom. The van der Waals surface area contributed by atoms with Crippen LogP contribution in [0.3, 0.4) is 0 Å². The quantitative estimate of drug-likeness (QED) is 0.796. The van der Waals surface area contributed by atoms with Gasteiger partial charge in [0.2, 0.25) is 0 Å². The maximum Gasteiger partial charge on any atom is 0.118 e. The van der Waals surface area contributed by atoms with Crippen LogP contribution in [0.5, 0.6) is 5.75 Å². The Bertz CT molecular complexity index is 524. The van der Waals surface area contributed by atoms with Crippen molar-refractivity contribution in [2.24, 2.45) is 7.05 Å². The molecule has 20 heavy (non-hydrogen) atoms. The van der Waals surface area contributed by atoms with Gasteiger partial charge < -0.3 is 10.1 Å². The fraction of sp³-hybridized carbons (Fsp3) is 0.400. The monoisotopic (exact) mass is 291 g/mol. The van der Waals surface area contributed by atoms with E-state index in [-0.39, 0.29) is 0 Å². The smallest absolute Gasteiger partial charge is 0.118 e. The minimum absolute atomic E-state index is 0.330. The molecule has 0 saturated heterocycles. The number of nitrogens with zero attached hydrogens (tertiary/aromatic N) is 2. The summed E-state index contributed by atoms with van der Waals surface area (Å²) in [6.45, 7) is 3.08. The zero-order valence-electron chi connectivity index (χ0n) is 12.2. The Labute approximate surface area is 124 Å². The van der Waals surface area contributed by atoms with E-state index in [0.717, 1.165) is 18.0 Å². The molecule has 0 amide bonds. The van der Waals surface area contributed by atoms with Gasteiger partial charge in [0.25, 0.3) is 0 Å². The number of nitrogens with one attached hydrogen (secondary N) is 1. The van der Waals surface area contributed by atoms with Gasteiger partial charge >= 0.3 is 0 Å². The van der Waals surface area contributed by atoms with Crippen LogP contribution in [0.15, 0.2) is 41.6 Å². The van der Waals surface area contributed by atoms with Crippen LogP contribution >= 0.6 is 11.8 Å². The molecular formula is C15H21N3OS. The summed E-state index contributed by atoms with van der Waals surface area (Å²) in [5, 5.41) is 7.72. The van der Waals surface area contributed by atoms with Gasteiger partial charge in [-0.1, -0.05) is 19.1 Å². The largest absolute Gasteiger partial charge is 0.497 e. The summed E-state index contributed by atoms with van der Waals surface area (Å²) >= 11 is 1.82. The maximum atomic E-state index is 5.20. The van der Waals surface area contributed by atoms with E-state index in [1.807, 2.05) is 48.0 Å². The van der Waals surface area contributed by atoms with E-state index in [1.54, 1.807) is 7.11 Å². The lowest BCUT2D eigenvalue weighted by molar-refractivity contribution is 0.414. The first-order valence-electron chi connectivity index (χ1n) is 6.71. The van der Waals surface area contributed by atoms with Gasteiger partial charge in [-0.25, -0.2) is 0 Å². The molecular weight excluding hydrogens is 270 g/mol. The van der Waals surface area contributed by atoms with Gasteiger partial charge in [-0.05, 0) is 24.2 Å². The number of hydrogen-bond acceptors (Lipinski definition) is 4. The van der Waals surface area contributed by atoms with Crippen molar-refractivity contribution in [2.45, 2.75) is 17.9 Å². The van der Waals surface area contributed by atoms with E-state index in [1.165, 1.54) is 10.5 Å². The number of aromatic nitrogens is 2. The van der Waals surface area contributed by atoms with Crippen molar-refractivity contribution in [3.05, 3.63) is 42.2 Å². The van der Waals surface area contributed by atoms with Gasteiger partial charge in [0.15, 0.2) is 0 Å². The minimum Gasteiger partial charge on any atom is -0.497 e. The van der Waals surface area contributed by atoms with Gasteiger partial charge in [0.05, 0.1) is 13.3 Å². The average Bonchev–Trinajstić information content (AvgIpc) is 2.89. The van der Waals surface area contributed by atoms with Crippen LogP contribution in [0.25, 0.3) is 0 Å². The molecule has 2 aromatic rings. The van der Waals surface area contributed by atoms with Crippen molar-refractivity contribution >= 4 is 11.8 Å². The van der Waals surface area contributed by atoms with Gasteiger partial charge in [-0.2, -0.15) is 5.10 Å². The molecule has 0 aliphatic carbocycles. The number of aryl methyl sites for hydroxylation is 1. The highest BCUT2D eigenvalue weighted by atomic mass is 32.2. The zero-order chi connectivity index (χ0) is 14.4. The first-order chi connectivity index (χ1) is 9.72. The van der Waals surface area contributed by atoms with Crippen molar-refractivity contribution in [3.63, 3.8) is 0 Å². The second kappa shape index (κ2) is 7.36. The molecule has 1 unspecified atom stereocenters. The van der Waals surface area contributed by atoms with Crippen molar-refractivity contribution in [2.75, 3.05) is 19.4 Å². The second-order valence-corrected chi connectivity index (χ2v) is 5.64. The van der Waals surface area contributed by atoms with Crippen LogP contribution in [0.2, 0.25) is 0 Å². The Hall–Kier alpha value is -1.46. The Morgan fingerprint density at radius 3 is 2.65 bits per heavy atom. The third-order valence-corrected chi connectivity index (χ3v) is 4.11. The molecule has 1 aromatic carbocycles. The summed E-state index contributed by atoms with van der Waals surface area (Å²) in [7, 11) is 3.63. The van der Waals surface area contributed by atoms with Crippen molar-refractivity contribution in [1.82, 2.24) is 15.1 Å². The number of ether oxygens (including phenoxy) is 1. The molecule has 1 heterocycles. The third kappa shape index (κ3) is 4.02. The van der Waals surface area contributed by atoms with E-state index in [2.05, 4.69) is 29.5 Å². The predicted molar refractivity (Wildman–Crippen MR) is 83.3 cm³/mol. The molecule has 0 spiro atoms. The number of rotatable bonds is 7. The molecule has 0 saturated carbocycles. The van der Waals surface area contributed by atoms with Crippen LogP contribution in [-0.4, -0.2) is 29.2 Å². The van der Waals surface area contributed by atoms with Crippen LogP contribution in [-0.2, 0) is 7.05 Å². The van der Waals surface area contributed by atoms with E-state index in [4.69, 9.17) is 4.74 Å². The lowest BCUT2D eigenvalue weighted by atomic mass is 10.1. The van der Waals surface area contributed by atoms with Crippen molar-refractivity contribution in [3.8, 4) is 5.75 Å². The maximum absolute atomic E-state index is 5.20. The van der Waals surface area contributed by atoms with Crippen LogP contribution in [0.4, 0.5) is 0 Å². The van der Waals surface area contributed by atoms with Crippen molar-refractivity contribution in [1.29, 1.82) is 0 Å². The molecule has 0 aliphatic heterocycles. The summed E-state index contributed by atoms with van der Waals surface area (Å²) < 4.78 is 7.04. The summed E-state index contributed by atoms with van der Waals surface area (Å²) in [5.74, 6) is 1.87. The van der Waals surface area contributed by atoms with Crippen molar-refractivity contribution < 1.29 is 4.74 Å². The normalized spacial score (nSPS) is 12.3. The molecule has 2 rings (SSSR count). The standard InChI is InChI=1S/C15H21N3OS/c1-4-16-15(11-20-14-9-17-18(2)10-14)12-5-7-13(19-3)8-6-12/h5-10,15-16H,4,11H2,1-3H3. The SMILES string of the molecule is CCNC(CSc1cnn(C)c1)c1ccc(OC)cc1. The third-order valence-electron chi connectivity index (χ3n) is 3.07. The summed E-state index contributed by atoms with van der Waals surface area (Å²) in [6.07, 6.45) is 3.95. The van der Waals surface area contributed by atoms with Crippen LogP contribution in [0.1, 0.15) is 18.5 Å². The van der Waals surface area contributed by atoms with Crippen LogP contribution in [0, 0.1) is 0 Å². The molecule has 0 bridgehead atoms. The van der Waals surface area contributed by atoms with Gasteiger partial charge in [-0.15, -0.1) is 11.8 Å². The summed E-state index contributed by atoms with van der Waals surface area (Å²) in [4.78, 5) is 1.20. The lowest BCUT2D eigenvalue weighted by Gasteiger charge is -2.18. The molecule has 0 fully saturated rings. The fourth-order valence-electron chi connectivity index (χ4n) is 2.01. The van der Waals surface area contributed by atoms with E-state index in [9.17, 15) is 0 Å². The number of methoxy groups -OCH3 is 1. The number of benzene rings is 1. The molecule has 108 valence electrons. The highest BCUT2D eigenvalue weighted by molar-refractivity contribution is 7.99. The lowest BCUT2D eigenvalue weighted by Crippen LogP contribution is -2.22. The first-order valence-corrected chi connectivity index (χ1v) is 7.70. The average molecular weight is 291 g/mol. The predicted octanol–water partition coefficient (Wildman–Crippen LogP) is 2.87. The Balaban J connectivity index is 2.01. The van der Waals surface area contributed by atoms with Gasteiger partial charge in [0.1, 0.15) is 5.75 Å². The van der Waals surface area contributed by atoms with E-state index < -0.39 is 0 Å². The minimum atomic E-state index is 0.330. The molecule has 1 aromatic heterocycles. The zero-order valence-corrected chi connectivity index (χ0v) is 13.0. The van der Waals surface area contributed by atoms with E-state index in [0.29, 0.717) is 6.04 Å². The highest BCUT2D eigenvalue weighted by Crippen LogP contribution is 2.25. The van der Waals surface area contributed by atoms with Crippen LogP contribution < -0.4 is 10.1 Å². The molecule has 1 atom stereocenters. The highest BCUT2D eigenvalue weighted by Gasteiger charge is 2.11. The molecule has 1 N–H and O–H groups in total. The number of hydrogen-bond donors (Lipinski definition) is 1. The Kier molecular flexibility index (Phi) is 5.49. The number of thioether (sulfide) groups is 1. The molecule has 4 nitrogen and oxygen atoms in total. The summed E-state index contributed by atoms with van der Waals surface area (Å²) in [6, 6.07) is 8.59. The van der Waals surface area contributed by atoms with E-state index >= 15 is 0 Å². The molecule has 0 aliphatic rings. The molecule has 0 radical (unpaired) electrons. The fourth-order valence-corrected chi connectivity index (χ4v) is 3.03. The van der Waals surface area contributed by atoms with Gasteiger partial charge in [-0.3, -0.25) is 4.68 Å². The topological polar surface area (TPSA) is 39.1 Å². The second-order valence-electron chi connectivity index (χ2n) is 4.54.